The predicted molar refractivity (Wildman–Crippen MR) is 77.9 cm³/mol. The van der Waals surface area contributed by atoms with Crippen LogP contribution in [0.5, 0.6) is 0 Å². The summed E-state index contributed by atoms with van der Waals surface area (Å²) in [7, 11) is -3.50. The van der Waals surface area contributed by atoms with Gasteiger partial charge in [-0.15, -0.1) is 0 Å². The predicted octanol–water partition coefficient (Wildman–Crippen LogP) is 2.77. The van der Waals surface area contributed by atoms with Crippen LogP contribution in [0.2, 0.25) is 5.02 Å². The minimum Gasteiger partial charge on any atom is -0.399 e. The highest BCUT2D eigenvalue weighted by atomic mass is 35.5. The summed E-state index contributed by atoms with van der Waals surface area (Å²) in [6.45, 7) is 0. The van der Waals surface area contributed by atoms with Gasteiger partial charge in [0.05, 0.1) is 22.3 Å². The van der Waals surface area contributed by atoms with Gasteiger partial charge in [0.25, 0.3) is 0 Å². The van der Waals surface area contributed by atoms with Crippen LogP contribution in [0.4, 0.5) is 5.69 Å². The van der Waals surface area contributed by atoms with Gasteiger partial charge in [-0.3, -0.25) is 0 Å². The molecule has 0 saturated carbocycles. The van der Waals surface area contributed by atoms with E-state index >= 15 is 0 Å². The van der Waals surface area contributed by atoms with Gasteiger partial charge in [-0.2, -0.15) is 5.26 Å². The van der Waals surface area contributed by atoms with Crippen LogP contribution in [0.1, 0.15) is 11.1 Å². The van der Waals surface area contributed by atoms with Crippen molar-refractivity contribution in [3.8, 4) is 6.07 Å². The fraction of sp³-hybridized carbons (Fsp3) is 0.0714. The molecule has 0 saturated heterocycles. The summed E-state index contributed by atoms with van der Waals surface area (Å²) in [5.41, 5.74) is 6.89. The Balaban J connectivity index is 2.34. The van der Waals surface area contributed by atoms with E-state index in [0.717, 1.165) is 0 Å². The summed E-state index contributed by atoms with van der Waals surface area (Å²) >= 11 is 5.99. The number of nitrogens with two attached hydrogens (primary N) is 1. The maximum absolute atomic E-state index is 12.3. The van der Waals surface area contributed by atoms with Gasteiger partial charge < -0.3 is 5.73 Å². The maximum atomic E-state index is 12.3. The summed E-state index contributed by atoms with van der Waals surface area (Å²) in [6, 6.07) is 12.5. The zero-order valence-corrected chi connectivity index (χ0v) is 11.9. The van der Waals surface area contributed by atoms with Crippen molar-refractivity contribution < 1.29 is 8.42 Å². The first-order valence-electron chi connectivity index (χ1n) is 5.69. The van der Waals surface area contributed by atoms with Crippen LogP contribution in [-0.2, 0) is 15.6 Å². The Labute approximate surface area is 122 Å². The highest BCUT2D eigenvalue weighted by molar-refractivity contribution is 7.90. The van der Waals surface area contributed by atoms with Crippen molar-refractivity contribution in [1.82, 2.24) is 0 Å². The van der Waals surface area contributed by atoms with Crippen LogP contribution in [-0.4, -0.2) is 8.42 Å². The molecule has 0 heterocycles. The van der Waals surface area contributed by atoms with Crippen molar-refractivity contribution in [2.24, 2.45) is 0 Å². The Bertz CT molecular complexity index is 778. The lowest BCUT2D eigenvalue weighted by atomic mass is 10.2. The molecule has 4 nitrogen and oxygen atoms in total. The molecular formula is C14H11ClN2O2S. The Morgan fingerprint density at radius 3 is 2.35 bits per heavy atom. The normalized spacial score (nSPS) is 11.0. The molecule has 0 aliphatic carbocycles. The molecule has 2 aromatic carbocycles. The van der Waals surface area contributed by atoms with E-state index in [2.05, 4.69) is 0 Å². The zero-order chi connectivity index (χ0) is 14.8. The molecule has 2 rings (SSSR count). The molecule has 6 heteroatoms. The van der Waals surface area contributed by atoms with E-state index in [4.69, 9.17) is 22.6 Å². The van der Waals surface area contributed by atoms with E-state index in [0.29, 0.717) is 16.8 Å². The van der Waals surface area contributed by atoms with E-state index in [1.165, 1.54) is 30.3 Å². The number of benzene rings is 2. The molecular weight excluding hydrogens is 296 g/mol. The Morgan fingerprint density at radius 2 is 1.80 bits per heavy atom. The fourth-order valence-corrected chi connectivity index (χ4v) is 3.40. The average Bonchev–Trinajstić information content (AvgIpc) is 2.41. The first-order valence-corrected chi connectivity index (χ1v) is 7.72. The molecule has 0 fully saturated rings. The summed E-state index contributed by atoms with van der Waals surface area (Å²) in [5.74, 6) is -0.221. The van der Waals surface area contributed by atoms with E-state index in [-0.39, 0.29) is 15.7 Å². The smallest absolute Gasteiger partial charge is 0.182 e. The third-order valence-electron chi connectivity index (χ3n) is 2.77. The number of nitriles is 1. The highest BCUT2D eigenvalue weighted by Gasteiger charge is 2.17. The number of hydrogen-bond donors (Lipinski definition) is 1. The second-order valence-corrected chi connectivity index (χ2v) is 6.64. The van der Waals surface area contributed by atoms with Gasteiger partial charge in [-0.1, -0.05) is 17.7 Å². The van der Waals surface area contributed by atoms with Crippen molar-refractivity contribution >= 4 is 27.1 Å². The largest absolute Gasteiger partial charge is 0.399 e. The standard InChI is InChI=1S/C14H11ClN2O2S/c15-14-7-10(8-16)1-2-11(14)9-20(18,19)13-5-3-12(17)4-6-13/h1-7H,9,17H2. The lowest BCUT2D eigenvalue weighted by Crippen LogP contribution is -2.05. The first kappa shape index (κ1) is 14.4. The highest BCUT2D eigenvalue weighted by Crippen LogP contribution is 2.23. The van der Waals surface area contributed by atoms with Crippen LogP contribution in [0, 0.1) is 11.3 Å². The second kappa shape index (κ2) is 5.53. The number of rotatable bonds is 3. The zero-order valence-electron chi connectivity index (χ0n) is 10.4. The first-order chi connectivity index (χ1) is 9.42. The second-order valence-electron chi connectivity index (χ2n) is 4.25. The van der Waals surface area contributed by atoms with Gasteiger partial charge >= 0.3 is 0 Å². The van der Waals surface area contributed by atoms with Gasteiger partial charge in [0.2, 0.25) is 0 Å². The molecule has 0 atom stereocenters. The number of halogens is 1. The summed E-state index contributed by atoms with van der Waals surface area (Å²) < 4.78 is 24.5. The van der Waals surface area contributed by atoms with Crippen molar-refractivity contribution in [2.75, 3.05) is 5.73 Å². The Hall–Kier alpha value is -2.03. The lowest BCUT2D eigenvalue weighted by Gasteiger charge is -2.07. The Morgan fingerprint density at radius 1 is 1.15 bits per heavy atom. The average molecular weight is 307 g/mol. The molecule has 0 bridgehead atoms. The minimum absolute atomic E-state index is 0.187. The van der Waals surface area contributed by atoms with Crippen molar-refractivity contribution in [2.45, 2.75) is 10.6 Å². The number of nitrogen functional groups attached to an aromatic ring is 1. The van der Waals surface area contributed by atoms with Crippen LogP contribution >= 0.6 is 11.6 Å². The van der Waals surface area contributed by atoms with Gasteiger partial charge in [0.15, 0.2) is 9.84 Å². The molecule has 0 aromatic heterocycles. The molecule has 0 spiro atoms. The van der Waals surface area contributed by atoms with Crippen molar-refractivity contribution in [3.63, 3.8) is 0 Å². The van der Waals surface area contributed by atoms with Crippen molar-refractivity contribution in [3.05, 3.63) is 58.6 Å². The van der Waals surface area contributed by atoms with Crippen molar-refractivity contribution in [1.29, 1.82) is 5.26 Å². The number of anilines is 1. The molecule has 20 heavy (non-hydrogen) atoms. The van der Waals surface area contributed by atoms with Crippen LogP contribution in [0.25, 0.3) is 0 Å². The Kier molecular flexibility index (Phi) is 3.98. The molecule has 102 valence electrons. The molecule has 0 amide bonds. The van der Waals surface area contributed by atoms with E-state index in [1.54, 1.807) is 12.1 Å². The quantitative estimate of drug-likeness (QED) is 0.884. The molecule has 2 aromatic rings. The van der Waals surface area contributed by atoms with E-state index in [1.807, 2.05) is 6.07 Å². The lowest BCUT2D eigenvalue weighted by molar-refractivity contribution is 0.595. The number of sulfone groups is 1. The third kappa shape index (κ3) is 3.10. The van der Waals surface area contributed by atoms with Gasteiger partial charge in [-0.05, 0) is 42.0 Å². The van der Waals surface area contributed by atoms with Crippen LogP contribution < -0.4 is 5.73 Å². The maximum Gasteiger partial charge on any atom is 0.182 e. The topological polar surface area (TPSA) is 84.0 Å². The van der Waals surface area contributed by atoms with Gasteiger partial charge in [0.1, 0.15) is 0 Å². The summed E-state index contributed by atoms with van der Waals surface area (Å²) in [5, 5.41) is 9.02. The molecule has 0 radical (unpaired) electrons. The number of hydrogen-bond acceptors (Lipinski definition) is 4. The molecule has 0 aliphatic rings. The minimum atomic E-state index is -3.50. The van der Waals surface area contributed by atoms with Crippen LogP contribution in [0.15, 0.2) is 47.4 Å². The fourth-order valence-electron chi connectivity index (χ4n) is 1.70. The molecule has 0 unspecified atom stereocenters. The SMILES string of the molecule is N#Cc1ccc(CS(=O)(=O)c2ccc(N)cc2)c(Cl)c1. The third-order valence-corrected chi connectivity index (χ3v) is 4.80. The van der Waals surface area contributed by atoms with E-state index < -0.39 is 9.84 Å². The van der Waals surface area contributed by atoms with Gasteiger partial charge in [0, 0.05) is 10.7 Å². The van der Waals surface area contributed by atoms with Gasteiger partial charge in [-0.25, -0.2) is 8.42 Å². The molecule has 0 aliphatic heterocycles. The molecule has 2 N–H and O–H groups in total. The summed E-state index contributed by atoms with van der Waals surface area (Å²) in [6.07, 6.45) is 0. The summed E-state index contributed by atoms with van der Waals surface area (Å²) in [4.78, 5) is 0.187. The van der Waals surface area contributed by atoms with E-state index in [9.17, 15) is 8.42 Å². The number of nitrogens with zero attached hydrogens (tertiary/aromatic N) is 1. The van der Waals surface area contributed by atoms with Crippen LogP contribution in [0.3, 0.4) is 0 Å². The monoisotopic (exact) mass is 306 g/mol.